The summed E-state index contributed by atoms with van der Waals surface area (Å²) in [6.45, 7) is -2.07. The maximum absolute atomic E-state index is 12.1. The first-order valence-corrected chi connectivity index (χ1v) is 15.1. The van der Waals surface area contributed by atoms with Gasteiger partial charge in [-0.1, -0.05) is 0 Å². The Morgan fingerprint density at radius 1 is 0.542 bits per heavy atom. The maximum atomic E-state index is 12.1. The summed E-state index contributed by atoms with van der Waals surface area (Å²) in [6, 6.07) is -1.49. The van der Waals surface area contributed by atoms with Gasteiger partial charge in [0.15, 0.2) is 25.2 Å². The van der Waals surface area contributed by atoms with Gasteiger partial charge in [0, 0.05) is 6.92 Å². The average Bonchev–Trinajstić information content (AvgIpc) is 3.06. The molecule has 0 aliphatic carbocycles. The molecule has 14 N–H and O–H groups in total. The number of ether oxygens (including phenoxy) is 7. The van der Waals surface area contributed by atoms with Gasteiger partial charge in [0.1, 0.15) is 97.6 Å². The normalized spacial score (nSPS) is 50.2. The minimum Gasteiger partial charge on any atom is -0.394 e. The summed E-state index contributed by atoms with van der Waals surface area (Å²) in [7, 11) is 0. The van der Waals surface area contributed by atoms with Crippen LogP contribution in [0.25, 0.3) is 0 Å². The van der Waals surface area contributed by atoms with E-state index in [-0.39, 0.29) is 0 Å². The van der Waals surface area contributed by atoms with E-state index in [2.05, 4.69) is 5.32 Å². The van der Waals surface area contributed by atoms with E-state index in [1.807, 2.05) is 0 Å². The van der Waals surface area contributed by atoms with E-state index in [4.69, 9.17) is 33.2 Å². The Labute approximate surface area is 272 Å². The summed E-state index contributed by atoms with van der Waals surface area (Å²) < 4.78 is 38.4. The fraction of sp³-hybridized carbons (Fsp3) is 0.962. The van der Waals surface area contributed by atoms with Crippen LogP contribution in [0.2, 0.25) is 0 Å². The molecule has 20 atom stereocenters. The van der Waals surface area contributed by atoms with Gasteiger partial charge in [0.2, 0.25) is 5.91 Å². The number of amides is 1. The van der Waals surface area contributed by atoms with Crippen molar-refractivity contribution in [1.29, 1.82) is 0 Å². The standard InChI is InChI=1S/C26H45NO21/c1-6(31)27-11-14(34)21(47-25-19(39)15(35)12(32)7(2-28)44-25)9(4-30)45-24(11)42-5-10-13(33)16(36)20(40)26(46-10)48-22-8(3-29)43-23(41)18(38)17(22)37/h7-26,28-30,32-41H,2-5H2,1H3,(H,27,31)/t7-,8-,9-,10-,11-,12+,13+,14-,15+,16+,17-,18-,19-,20-,21-,22-,23+,24-,25+,26+/m1/s1. The van der Waals surface area contributed by atoms with Gasteiger partial charge in [-0.05, 0) is 0 Å². The van der Waals surface area contributed by atoms with E-state index in [1.54, 1.807) is 0 Å². The number of carbonyl (C=O) groups excluding carboxylic acids is 1. The molecule has 22 nitrogen and oxygen atoms in total. The molecule has 0 radical (unpaired) electrons. The van der Waals surface area contributed by atoms with Crippen molar-refractivity contribution in [2.24, 2.45) is 0 Å². The zero-order valence-electron chi connectivity index (χ0n) is 25.5. The second-order valence-electron chi connectivity index (χ2n) is 11.9. The second kappa shape index (κ2) is 16.8. The van der Waals surface area contributed by atoms with E-state index in [0.717, 1.165) is 6.92 Å². The molecule has 4 aliphatic heterocycles. The van der Waals surface area contributed by atoms with Crippen molar-refractivity contribution in [2.45, 2.75) is 130 Å². The summed E-state index contributed by atoms with van der Waals surface area (Å²) >= 11 is 0. The van der Waals surface area contributed by atoms with Crippen LogP contribution in [-0.2, 0) is 38.0 Å². The van der Waals surface area contributed by atoms with Crippen molar-refractivity contribution < 1.29 is 104 Å². The molecule has 0 spiro atoms. The predicted molar refractivity (Wildman–Crippen MR) is 145 cm³/mol. The number of aliphatic hydroxyl groups excluding tert-OH is 13. The van der Waals surface area contributed by atoms with Gasteiger partial charge < -0.3 is 105 Å². The average molecular weight is 708 g/mol. The number of rotatable bonds is 11. The van der Waals surface area contributed by atoms with Gasteiger partial charge in [0.25, 0.3) is 0 Å². The smallest absolute Gasteiger partial charge is 0.217 e. The monoisotopic (exact) mass is 707 g/mol. The predicted octanol–water partition coefficient (Wildman–Crippen LogP) is -9.61. The van der Waals surface area contributed by atoms with Crippen molar-refractivity contribution in [3.63, 3.8) is 0 Å². The Kier molecular flexibility index (Phi) is 13.8. The Morgan fingerprint density at radius 3 is 1.52 bits per heavy atom. The van der Waals surface area contributed by atoms with Crippen LogP contribution in [0.4, 0.5) is 0 Å². The minimum absolute atomic E-state index is 0.703. The first-order valence-electron chi connectivity index (χ1n) is 15.1. The number of aliphatic hydroxyl groups is 13. The van der Waals surface area contributed by atoms with Gasteiger partial charge in [-0.15, -0.1) is 0 Å². The molecule has 48 heavy (non-hydrogen) atoms. The van der Waals surface area contributed by atoms with Crippen molar-refractivity contribution in [2.75, 3.05) is 26.4 Å². The number of hydrogen-bond acceptors (Lipinski definition) is 21. The van der Waals surface area contributed by atoms with Crippen molar-refractivity contribution in [3.05, 3.63) is 0 Å². The van der Waals surface area contributed by atoms with Crippen LogP contribution in [0.5, 0.6) is 0 Å². The molecule has 0 aromatic rings. The summed E-state index contributed by atoms with van der Waals surface area (Å²) in [5.41, 5.74) is 0. The molecule has 0 bridgehead atoms. The lowest BCUT2D eigenvalue weighted by Crippen LogP contribution is -2.68. The molecule has 0 aromatic heterocycles. The zero-order chi connectivity index (χ0) is 35.6. The van der Waals surface area contributed by atoms with Crippen molar-refractivity contribution in [3.8, 4) is 0 Å². The summed E-state index contributed by atoms with van der Waals surface area (Å²) in [5, 5.41) is 135. The Morgan fingerprint density at radius 2 is 1.00 bits per heavy atom. The van der Waals surface area contributed by atoms with Gasteiger partial charge in [0.05, 0.1) is 26.4 Å². The SMILES string of the molecule is CC(=O)N[C@H]1[C@H](OC[C@H]2O[C@@H](O[C@H]3[C@H](O)[C@@H](O)[C@@H](O)O[C@@H]3CO)[C@H](O)[C@@H](O)[C@H]2O)O[C@H](CO)[C@@H](O[C@@H]2O[C@H](CO)[C@H](O)[C@H](O)[C@H]2O)[C@@H]1O. The van der Waals surface area contributed by atoms with Crippen LogP contribution in [0.1, 0.15) is 6.92 Å². The highest BCUT2D eigenvalue weighted by atomic mass is 16.8. The molecular formula is C26H45NO21. The fourth-order valence-corrected chi connectivity index (χ4v) is 5.85. The molecule has 280 valence electrons. The first-order chi connectivity index (χ1) is 22.6. The summed E-state index contributed by atoms with van der Waals surface area (Å²) in [5.74, 6) is -0.703. The highest BCUT2D eigenvalue weighted by Crippen LogP contribution is 2.32. The van der Waals surface area contributed by atoms with Gasteiger partial charge in [-0.25, -0.2) is 0 Å². The third-order valence-electron chi connectivity index (χ3n) is 8.59. The lowest BCUT2D eigenvalue weighted by molar-refractivity contribution is -0.364. The molecule has 4 aliphatic rings. The largest absolute Gasteiger partial charge is 0.394 e. The van der Waals surface area contributed by atoms with Crippen LogP contribution in [0.15, 0.2) is 0 Å². The van der Waals surface area contributed by atoms with E-state index in [9.17, 15) is 71.2 Å². The lowest BCUT2D eigenvalue weighted by Gasteiger charge is -2.48. The molecule has 0 aromatic carbocycles. The van der Waals surface area contributed by atoms with Gasteiger partial charge in [-0.2, -0.15) is 0 Å². The van der Waals surface area contributed by atoms with E-state index < -0.39 is 155 Å². The zero-order valence-corrected chi connectivity index (χ0v) is 25.5. The second-order valence-corrected chi connectivity index (χ2v) is 11.9. The highest BCUT2D eigenvalue weighted by Gasteiger charge is 2.53. The molecular weight excluding hydrogens is 662 g/mol. The van der Waals surface area contributed by atoms with Crippen LogP contribution < -0.4 is 5.32 Å². The molecule has 0 unspecified atom stereocenters. The highest BCUT2D eigenvalue weighted by molar-refractivity contribution is 5.73. The number of nitrogens with one attached hydrogen (secondary N) is 1. The molecule has 4 fully saturated rings. The van der Waals surface area contributed by atoms with E-state index >= 15 is 0 Å². The first kappa shape index (κ1) is 39.5. The van der Waals surface area contributed by atoms with Crippen LogP contribution in [0.3, 0.4) is 0 Å². The Bertz CT molecular complexity index is 1030. The topological polar surface area (TPSA) is 357 Å². The Hall–Kier alpha value is -1.33. The summed E-state index contributed by atoms with van der Waals surface area (Å²) in [6.07, 6.45) is -32.8. The van der Waals surface area contributed by atoms with Gasteiger partial charge in [-0.3, -0.25) is 4.79 Å². The molecule has 4 rings (SSSR count). The van der Waals surface area contributed by atoms with Crippen LogP contribution in [0, 0.1) is 0 Å². The maximum Gasteiger partial charge on any atom is 0.217 e. The molecule has 0 saturated carbocycles. The van der Waals surface area contributed by atoms with E-state index in [0.29, 0.717) is 0 Å². The lowest BCUT2D eigenvalue weighted by atomic mass is 9.95. The van der Waals surface area contributed by atoms with Crippen molar-refractivity contribution in [1.82, 2.24) is 5.32 Å². The fourth-order valence-electron chi connectivity index (χ4n) is 5.85. The summed E-state index contributed by atoms with van der Waals surface area (Å²) in [4.78, 5) is 12.1. The number of carbonyl (C=O) groups is 1. The van der Waals surface area contributed by atoms with E-state index in [1.165, 1.54) is 0 Å². The van der Waals surface area contributed by atoms with Gasteiger partial charge >= 0.3 is 0 Å². The molecule has 4 saturated heterocycles. The third kappa shape index (κ3) is 8.24. The Balaban J connectivity index is 1.47. The third-order valence-corrected chi connectivity index (χ3v) is 8.59. The van der Waals surface area contributed by atoms with Crippen molar-refractivity contribution >= 4 is 5.91 Å². The quantitative estimate of drug-likeness (QED) is 0.0947. The minimum atomic E-state index is -1.95. The molecule has 22 heteroatoms. The molecule has 4 heterocycles. The van der Waals surface area contributed by atoms with Crippen LogP contribution >= 0.6 is 0 Å². The number of hydrogen-bond donors (Lipinski definition) is 14. The molecule has 1 amide bonds. The van der Waals surface area contributed by atoms with Crippen LogP contribution in [-0.4, -0.2) is 221 Å².